The van der Waals surface area contributed by atoms with Gasteiger partial charge in [0, 0.05) is 23.3 Å². The normalized spacial score (nSPS) is 19.7. The number of nitrogens with one attached hydrogen (secondary N) is 1. The largest absolute Gasteiger partial charge is 0.493 e. The second-order valence-corrected chi connectivity index (χ2v) is 7.81. The molecule has 32 heavy (non-hydrogen) atoms. The maximum Gasteiger partial charge on any atom is 0.226 e. The number of hydrogen-bond donors (Lipinski definition) is 1. The predicted molar refractivity (Wildman–Crippen MR) is 118 cm³/mol. The molecule has 0 spiro atoms. The monoisotopic (exact) mass is 432 g/mol. The Labute approximate surface area is 185 Å². The maximum atomic E-state index is 13.5. The molecule has 0 saturated carbocycles. The average Bonchev–Trinajstić information content (AvgIpc) is 3.30. The van der Waals surface area contributed by atoms with Crippen LogP contribution in [-0.2, 0) is 4.79 Å². The molecule has 0 bridgehead atoms. The minimum absolute atomic E-state index is 0.0793. The molecule has 8 nitrogen and oxygen atoms in total. The van der Waals surface area contributed by atoms with Crippen molar-refractivity contribution in [1.82, 2.24) is 14.8 Å². The van der Waals surface area contributed by atoms with E-state index in [2.05, 4.69) is 27.5 Å². The number of allylic oxidation sites excluding steroid dienone is 2. The van der Waals surface area contributed by atoms with Gasteiger partial charge in [-0.15, -0.1) is 0 Å². The molecule has 0 amide bonds. The molecule has 2 heterocycles. The van der Waals surface area contributed by atoms with E-state index in [1.165, 1.54) is 6.33 Å². The lowest BCUT2D eigenvalue weighted by Crippen LogP contribution is -2.33. The topological polar surface area (TPSA) is 87.5 Å². The van der Waals surface area contributed by atoms with E-state index in [1.54, 1.807) is 26.0 Å². The van der Waals surface area contributed by atoms with Crippen LogP contribution in [-0.4, -0.2) is 41.9 Å². The van der Waals surface area contributed by atoms with Crippen molar-refractivity contribution in [2.24, 2.45) is 0 Å². The van der Waals surface area contributed by atoms with Gasteiger partial charge in [0.05, 0.1) is 21.3 Å². The SMILES string of the molecule is COc1ccc([C@H]2C3=C(C[C@H](c4ccccc4)CC3=O)Nc3ncnn32)c(OC)c1OC. The Morgan fingerprint density at radius 1 is 0.969 bits per heavy atom. The van der Waals surface area contributed by atoms with Crippen LogP contribution in [0.1, 0.15) is 35.9 Å². The Balaban J connectivity index is 1.66. The van der Waals surface area contributed by atoms with Crippen LogP contribution < -0.4 is 19.5 Å². The van der Waals surface area contributed by atoms with Crippen LogP contribution in [0.4, 0.5) is 5.95 Å². The molecule has 5 rings (SSSR count). The van der Waals surface area contributed by atoms with Crippen LogP contribution in [0.5, 0.6) is 17.2 Å². The average molecular weight is 432 g/mol. The first-order valence-corrected chi connectivity index (χ1v) is 10.4. The summed E-state index contributed by atoms with van der Waals surface area (Å²) in [6.45, 7) is 0. The number of carbonyl (C=O) groups excluding carboxylic acids is 1. The summed E-state index contributed by atoms with van der Waals surface area (Å²) in [4.78, 5) is 17.9. The molecule has 2 aliphatic rings. The predicted octanol–water partition coefficient (Wildman–Crippen LogP) is 3.72. The van der Waals surface area contributed by atoms with Crippen molar-refractivity contribution in [3.63, 3.8) is 0 Å². The molecule has 2 aromatic carbocycles. The number of nitrogens with zero attached hydrogens (tertiary/aromatic N) is 3. The summed E-state index contributed by atoms with van der Waals surface area (Å²) < 4.78 is 18.5. The highest BCUT2D eigenvalue weighted by Gasteiger charge is 2.41. The van der Waals surface area contributed by atoms with Gasteiger partial charge in [-0.2, -0.15) is 10.1 Å². The van der Waals surface area contributed by atoms with Crippen molar-refractivity contribution in [3.8, 4) is 17.2 Å². The molecule has 2 atom stereocenters. The quantitative estimate of drug-likeness (QED) is 0.657. The minimum Gasteiger partial charge on any atom is -0.493 e. The molecule has 164 valence electrons. The number of rotatable bonds is 5. The van der Waals surface area contributed by atoms with E-state index in [-0.39, 0.29) is 11.7 Å². The molecule has 0 unspecified atom stereocenters. The molecular formula is C24H24N4O4. The number of aromatic nitrogens is 3. The van der Waals surface area contributed by atoms with Crippen LogP contribution in [0.15, 0.2) is 60.1 Å². The van der Waals surface area contributed by atoms with E-state index in [0.29, 0.717) is 41.6 Å². The molecule has 8 heteroatoms. The van der Waals surface area contributed by atoms with Crippen molar-refractivity contribution in [2.75, 3.05) is 26.6 Å². The Bertz CT molecular complexity index is 1200. The number of hydrogen-bond acceptors (Lipinski definition) is 7. The first-order valence-electron chi connectivity index (χ1n) is 10.4. The smallest absolute Gasteiger partial charge is 0.226 e. The Morgan fingerprint density at radius 3 is 2.47 bits per heavy atom. The zero-order chi connectivity index (χ0) is 22.2. The van der Waals surface area contributed by atoms with Gasteiger partial charge in [-0.05, 0) is 30.0 Å². The highest BCUT2D eigenvalue weighted by atomic mass is 16.5. The van der Waals surface area contributed by atoms with Gasteiger partial charge in [0.2, 0.25) is 11.7 Å². The zero-order valence-electron chi connectivity index (χ0n) is 18.2. The van der Waals surface area contributed by atoms with Gasteiger partial charge in [-0.3, -0.25) is 4.79 Å². The lowest BCUT2D eigenvalue weighted by molar-refractivity contribution is -0.116. The number of ketones is 1. The summed E-state index contributed by atoms with van der Waals surface area (Å²) >= 11 is 0. The highest BCUT2D eigenvalue weighted by Crippen LogP contribution is 2.49. The Kier molecular flexibility index (Phi) is 5.05. The van der Waals surface area contributed by atoms with Crippen molar-refractivity contribution >= 4 is 11.7 Å². The number of benzene rings is 2. The molecular weight excluding hydrogens is 408 g/mol. The third-order valence-corrected chi connectivity index (χ3v) is 6.16. The first kappa shape index (κ1) is 20.1. The third kappa shape index (κ3) is 3.10. The van der Waals surface area contributed by atoms with Gasteiger partial charge in [0.1, 0.15) is 12.4 Å². The fraction of sp³-hybridized carbons (Fsp3) is 0.292. The molecule has 1 aromatic heterocycles. The molecule has 0 fully saturated rings. The third-order valence-electron chi connectivity index (χ3n) is 6.16. The fourth-order valence-electron chi connectivity index (χ4n) is 4.74. The van der Waals surface area contributed by atoms with E-state index in [4.69, 9.17) is 14.2 Å². The number of methoxy groups -OCH3 is 3. The summed E-state index contributed by atoms with van der Waals surface area (Å²) in [6, 6.07) is 13.4. The van der Waals surface area contributed by atoms with E-state index in [0.717, 1.165) is 16.8 Å². The Hall–Kier alpha value is -3.81. The van der Waals surface area contributed by atoms with Crippen LogP contribution in [0.2, 0.25) is 0 Å². The summed E-state index contributed by atoms with van der Waals surface area (Å²) in [5.41, 5.74) is 3.47. The summed E-state index contributed by atoms with van der Waals surface area (Å²) in [6.07, 6.45) is 2.63. The van der Waals surface area contributed by atoms with Crippen LogP contribution in [0, 0.1) is 0 Å². The van der Waals surface area contributed by atoms with E-state index >= 15 is 0 Å². The van der Waals surface area contributed by atoms with Gasteiger partial charge < -0.3 is 19.5 Å². The van der Waals surface area contributed by atoms with Crippen molar-refractivity contribution < 1.29 is 19.0 Å². The van der Waals surface area contributed by atoms with E-state index < -0.39 is 6.04 Å². The fourth-order valence-corrected chi connectivity index (χ4v) is 4.74. The molecule has 0 saturated heterocycles. The second kappa shape index (κ2) is 8.03. The molecule has 1 N–H and O–H groups in total. The number of carbonyl (C=O) groups is 1. The standard InChI is InChI=1S/C24H24N4O4/c1-30-19-10-9-16(22(31-2)23(19)32-3)21-20-17(27-24-25-13-26-28(21)24)11-15(12-18(20)29)14-7-5-4-6-8-14/h4-10,13,15,21H,11-12H2,1-3H3,(H,25,26,27)/t15-,21-/m0/s1. The van der Waals surface area contributed by atoms with Crippen molar-refractivity contribution in [2.45, 2.75) is 24.8 Å². The van der Waals surface area contributed by atoms with Crippen molar-refractivity contribution in [1.29, 1.82) is 0 Å². The second-order valence-electron chi connectivity index (χ2n) is 7.81. The lowest BCUT2D eigenvalue weighted by atomic mass is 9.77. The summed E-state index contributed by atoms with van der Waals surface area (Å²) in [7, 11) is 4.72. The number of ether oxygens (including phenoxy) is 3. The van der Waals surface area contributed by atoms with E-state index in [1.807, 2.05) is 30.3 Å². The highest BCUT2D eigenvalue weighted by molar-refractivity contribution is 6.00. The Morgan fingerprint density at radius 2 is 1.75 bits per heavy atom. The van der Waals surface area contributed by atoms with Gasteiger partial charge in [0.25, 0.3) is 0 Å². The maximum absolute atomic E-state index is 13.5. The van der Waals surface area contributed by atoms with Gasteiger partial charge in [0.15, 0.2) is 17.3 Å². The summed E-state index contributed by atoms with van der Waals surface area (Å²) in [5.74, 6) is 2.31. The number of Topliss-reactive ketones (excluding diaryl/α,β-unsaturated/α-hetero) is 1. The molecule has 3 aromatic rings. The van der Waals surface area contributed by atoms with Crippen LogP contribution >= 0.6 is 0 Å². The molecule has 0 radical (unpaired) electrons. The van der Waals surface area contributed by atoms with Crippen molar-refractivity contribution in [3.05, 3.63) is 71.2 Å². The molecule has 1 aliphatic carbocycles. The first-order chi connectivity index (χ1) is 15.7. The van der Waals surface area contributed by atoms with E-state index in [9.17, 15) is 4.79 Å². The van der Waals surface area contributed by atoms with Gasteiger partial charge >= 0.3 is 0 Å². The summed E-state index contributed by atoms with van der Waals surface area (Å²) in [5, 5.41) is 7.77. The van der Waals surface area contributed by atoms with Crippen LogP contribution in [0.3, 0.4) is 0 Å². The van der Waals surface area contributed by atoms with Gasteiger partial charge in [-0.1, -0.05) is 30.3 Å². The number of fused-ring (bicyclic) bond motifs is 1. The minimum atomic E-state index is -0.484. The lowest BCUT2D eigenvalue weighted by Gasteiger charge is -2.35. The zero-order valence-corrected chi connectivity index (χ0v) is 18.2. The van der Waals surface area contributed by atoms with Crippen LogP contribution in [0.25, 0.3) is 0 Å². The van der Waals surface area contributed by atoms with Gasteiger partial charge in [-0.25, -0.2) is 4.68 Å². The molecule has 1 aliphatic heterocycles. The number of anilines is 1.